The van der Waals surface area contributed by atoms with Crippen molar-refractivity contribution >= 4 is 17.3 Å². The molecule has 1 unspecified atom stereocenters. The molecule has 5 heteroatoms. The molecule has 24 heavy (non-hydrogen) atoms. The summed E-state index contributed by atoms with van der Waals surface area (Å²) in [5.41, 5.74) is 1.38. The van der Waals surface area contributed by atoms with Gasteiger partial charge in [-0.25, -0.2) is 4.98 Å². The molecule has 1 atom stereocenters. The van der Waals surface area contributed by atoms with E-state index in [4.69, 9.17) is 0 Å². The molecular weight excluding hydrogens is 316 g/mol. The van der Waals surface area contributed by atoms with Crippen LogP contribution in [-0.2, 0) is 12.8 Å². The van der Waals surface area contributed by atoms with Crippen LogP contribution in [0.4, 0.5) is 0 Å². The number of hydrogen-bond donors (Lipinski definition) is 2. The number of hydrogen-bond acceptors (Lipinski definition) is 3. The molecule has 0 saturated carbocycles. The van der Waals surface area contributed by atoms with Crippen molar-refractivity contribution in [2.45, 2.75) is 46.1 Å². The minimum atomic E-state index is 0.380. The van der Waals surface area contributed by atoms with E-state index < -0.39 is 0 Å². The largest absolute Gasteiger partial charge is 0.357 e. The van der Waals surface area contributed by atoms with Crippen molar-refractivity contribution < 1.29 is 0 Å². The van der Waals surface area contributed by atoms with Gasteiger partial charge in [-0.05, 0) is 39.2 Å². The van der Waals surface area contributed by atoms with Crippen molar-refractivity contribution in [3.05, 3.63) is 52.0 Å². The molecule has 0 fully saturated rings. The zero-order valence-corrected chi connectivity index (χ0v) is 15.7. The second-order valence-corrected chi connectivity index (χ2v) is 7.26. The normalized spacial score (nSPS) is 12.9. The molecule has 0 bridgehead atoms. The summed E-state index contributed by atoms with van der Waals surface area (Å²) in [6.07, 6.45) is 4.99. The number of aryl methyl sites for hydroxylation is 2. The number of benzene rings is 1. The summed E-state index contributed by atoms with van der Waals surface area (Å²) in [6, 6.07) is 11.0. The number of nitrogens with zero attached hydrogens (tertiary/aromatic N) is 2. The summed E-state index contributed by atoms with van der Waals surface area (Å²) >= 11 is 1.75. The summed E-state index contributed by atoms with van der Waals surface area (Å²) < 4.78 is 0. The van der Waals surface area contributed by atoms with Gasteiger partial charge in [-0.3, -0.25) is 4.99 Å². The lowest BCUT2D eigenvalue weighted by molar-refractivity contribution is 0.593. The Labute approximate surface area is 149 Å². The fraction of sp³-hybridized carbons (Fsp3) is 0.474. The van der Waals surface area contributed by atoms with Crippen molar-refractivity contribution in [1.29, 1.82) is 0 Å². The number of aromatic nitrogens is 1. The van der Waals surface area contributed by atoms with E-state index in [0.29, 0.717) is 6.04 Å². The SMILES string of the molecule is CCNC(=NCCc1ncc(C)s1)NC(C)CCc1ccccc1. The summed E-state index contributed by atoms with van der Waals surface area (Å²) in [4.78, 5) is 10.3. The lowest BCUT2D eigenvalue weighted by Gasteiger charge is -2.17. The van der Waals surface area contributed by atoms with Gasteiger partial charge in [-0.2, -0.15) is 0 Å². The van der Waals surface area contributed by atoms with E-state index in [2.05, 4.69) is 71.7 Å². The number of aliphatic imine (C=N–C) groups is 1. The molecule has 2 aromatic rings. The third-order valence-electron chi connectivity index (χ3n) is 3.70. The minimum absolute atomic E-state index is 0.380. The van der Waals surface area contributed by atoms with Gasteiger partial charge in [0.25, 0.3) is 0 Å². The number of guanidine groups is 1. The van der Waals surface area contributed by atoms with Crippen LogP contribution in [0.25, 0.3) is 0 Å². The van der Waals surface area contributed by atoms with Gasteiger partial charge >= 0.3 is 0 Å². The van der Waals surface area contributed by atoms with Gasteiger partial charge in [0.15, 0.2) is 5.96 Å². The summed E-state index contributed by atoms with van der Waals surface area (Å²) in [5.74, 6) is 0.895. The zero-order chi connectivity index (χ0) is 17.2. The Bertz CT molecular complexity index is 621. The Morgan fingerprint density at radius 2 is 2.04 bits per heavy atom. The van der Waals surface area contributed by atoms with Gasteiger partial charge in [0.1, 0.15) is 0 Å². The lowest BCUT2D eigenvalue weighted by atomic mass is 10.1. The van der Waals surface area contributed by atoms with Crippen LogP contribution in [-0.4, -0.2) is 30.1 Å². The van der Waals surface area contributed by atoms with Crippen LogP contribution in [0.2, 0.25) is 0 Å². The van der Waals surface area contributed by atoms with Crippen molar-refractivity contribution in [3.63, 3.8) is 0 Å². The van der Waals surface area contributed by atoms with E-state index in [-0.39, 0.29) is 0 Å². The van der Waals surface area contributed by atoms with Crippen molar-refractivity contribution in [3.8, 4) is 0 Å². The number of rotatable bonds is 8. The third kappa shape index (κ3) is 6.71. The maximum absolute atomic E-state index is 4.67. The van der Waals surface area contributed by atoms with E-state index in [1.165, 1.54) is 10.4 Å². The molecule has 1 aromatic heterocycles. The predicted molar refractivity (Wildman–Crippen MR) is 104 cm³/mol. The van der Waals surface area contributed by atoms with Crippen molar-refractivity contribution in [1.82, 2.24) is 15.6 Å². The molecule has 1 aromatic carbocycles. The smallest absolute Gasteiger partial charge is 0.191 e. The summed E-state index contributed by atoms with van der Waals surface area (Å²) in [7, 11) is 0. The minimum Gasteiger partial charge on any atom is -0.357 e. The van der Waals surface area contributed by atoms with E-state index in [9.17, 15) is 0 Å². The molecule has 0 amide bonds. The van der Waals surface area contributed by atoms with Gasteiger partial charge in [-0.15, -0.1) is 11.3 Å². The zero-order valence-electron chi connectivity index (χ0n) is 14.9. The molecule has 0 aliphatic heterocycles. The van der Waals surface area contributed by atoms with Gasteiger partial charge < -0.3 is 10.6 Å². The fourth-order valence-corrected chi connectivity index (χ4v) is 3.21. The second-order valence-electron chi connectivity index (χ2n) is 5.94. The highest BCUT2D eigenvalue weighted by Gasteiger charge is 2.06. The fourth-order valence-electron chi connectivity index (χ4n) is 2.43. The number of thiazole rings is 1. The molecule has 0 radical (unpaired) electrons. The van der Waals surface area contributed by atoms with Gasteiger partial charge in [-0.1, -0.05) is 30.3 Å². The summed E-state index contributed by atoms with van der Waals surface area (Å²) in [5, 5.41) is 7.98. The van der Waals surface area contributed by atoms with Crippen LogP contribution >= 0.6 is 11.3 Å². The van der Waals surface area contributed by atoms with Crippen molar-refractivity contribution in [2.75, 3.05) is 13.1 Å². The summed E-state index contributed by atoms with van der Waals surface area (Å²) in [6.45, 7) is 8.02. The van der Waals surface area contributed by atoms with Gasteiger partial charge in [0.05, 0.1) is 5.01 Å². The average Bonchev–Trinajstić information content (AvgIpc) is 2.99. The first-order valence-corrected chi connectivity index (χ1v) is 9.49. The first-order chi connectivity index (χ1) is 11.7. The average molecular weight is 345 g/mol. The van der Waals surface area contributed by atoms with Crippen LogP contribution in [0, 0.1) is 6.92 Å². The highest BCUT2D eigenvalue weighted by Crippen LogP contribution is 2.11. The highest BCUT2D eigenvalue weighted by atomic mass is 32.1. The lowest BCUT2D eigenvalue weighted by Crippen LogP contribution is -2.42. The molecular formula is C19H28N4S. The van der Waals surface area contributed by atoms with Gasteiger partial charge in [0, 0.05) is 36.6 Å². The van der Waals surface area contributed by atoms with Crippen LogP contribution < -0.4 is 10.6 Å². The molecule has 0 aliphatic carbocycles. The topological polar surface area (TPSA) is 49.3 Å². The predicted octanol–water partition coefficient (Wildman–Crippen LogP) is 3.57. The molecule has 0 spiro atoms. The number of nitrogens with one attached hydrogen (secondary N) is 2. The van der Waals surface area contributed by atoms with E-state index in [0.717, 1.165) is 43.3 Å². The van der Waals surface area contributed by atoms with E-state index in [1.54, 1.807) is 11.3 Å². The molecule has 130 valence electrons. The van der Waals surface area contributed by atoms with Crippen LogP contribution in [0.5, 0.6) is 0 Å². The molecule has 0 saturated heterocycles. The van der Waals surface area contributed by atoms with Crippen LogP contribution in [0.1, 0.15) is 35.7 Å². The van der Waals surface area contributed by atoms with Crippen molar-refractivity contribution in [2.24, 2.45) is 4.99 Å². The third-order valence-corrected chi connectivity index (χ3v) is 4.67. The maximum atomic E-state index is 4.67. The van der Waals surface area contributed by atoms with Crippen LogP contribution in [0.15, 0.2) is 41.5 Å². The van der Waals surface area contributed by atoms with Gasteiger partial charge in [0.2, 0.25) is 0 Å². The quantitative estimate of drug-likeness (QED) is 0.568. The first-order valence-electron chi connectivity index (χ1n) is 8.67. The Kier molecular flexibility index (Phi) is 7.75. The monoisotopic (exact) mass is 344 g/mol. The Morgan fingerprint density at radius 3 is 2.71 bits per heavy atom. The van der Waals surface area contributed by atoms with E-state index >= 15 is 0 Å². The Balaban J connectivity index is 1.79. The molecule has 4 nitrogen and oxygen atoms in total. The van der Waals surface area contributed by atoms with Crippen LogP contribution in [0.3, 0.4) is 0 Å². The Morgan fingerprint density at radius 1 is 1.25 bits per heavy atom. The molecule has 2 N–H and O–H groups in total. The first kappa shape index (κ1) is 18.5. The second kappa shape index (κ2) is 10.1. The highest BCUT2D eigenvalue weighted by molar-refractivity contribution is 7.11. The maximum Gasteiger partial charge on any atom is 0.191 e. The van der Waals surface area contributed by atoms with E-state index in [1.807, 2.05) is 6.20 Å². The standard InChI is InChI=1S/C19H28N4S/c1-4-20-19(21-13-12-18-22-14-16(3)24-18)23-15(2)10-11-17-8-6-5-7-9-17/h5-9,14-15H,4,10-13H2,1-3H3,(H2,20,21,23). The molecule has 1 heterocycles. The molecule has 0 aliphatic rings. The Hall–Kier alpha value is -1.88. The molecule has 2 rings (SSSR count).